The summed E-state index contributed by atoms with van der Waals surface area (Å²) in [6.07, 6.45) is 1.16. The van der Waals surface area contributed by atoms with Gasteiger partial charge in [-0.2, -0.15) is 17.9 Å². The first-order valence-corrected chi connectivity index (χ1v) is 12.3. The number of amides is 1. The molecule has 3 heterocycles. The van der Waals surface area contributed by atoms with E-state index in [1.165, 1.54) is 28.8 Å². The molecule has 0 aliphatic carbocycles. The summed E-state index contributed by atoms with van der Waals surface area (Å²) in [4.78, 5) is 18.9. The molecule has 0 spiro atoms. The zero-order valence-electron chi connectivity index (χ0n) is 18.8. The van der Waals surface area contributed by atoms with Crippen LogP contribution in [-0.4, -0.2) is 70.6 Å². The fourth-order valence-corrected chi connectivity index (χ4v) is 4.80. The number of carbonyl (C=O) groups is 1. The van der Waals surface area contributed by atoms with Crippen molar-refractivity contribution in [3.63, 3.8) is 0 Å². The third-order valence-corrected chi connectivity index (χ3v) is 6.67. The molecule has 180 valence electrons. The van der Waals surface area contributed by atoms with Crippen LogP contribution < -0.4 is 9.62 Å². The molecule has 1 aromatic carbocycles. The molecule has 11 heteroatoms. The lowest BCUT2D eigenvalue weighted by atomic mass is 10.1. The van der Waals surface area contributed by atoms with Crippen LogP contribution in [0.3, 0.4) is 0 Å². The van der Waals surface area contributed by atoms with E-state index in [1.54, 1.807) is 23.2 Å². The van der Waals surface area contributed by atoms with Crippen molar-refractivity contribution in [2.75, 3.05) is 48.6 Å². The van der Waals surface area contributed by atoms with Crippen molar-refractivity contribution in [3.05, 3.63) is 41.6 Å². The Balaban J connectivity index is 1.45. The number of carbonyl (C=O) groups excluding carboxylic acids is 1. The molecule has 2 aliphatic heterocycles. The Kier molecular flexibility index (Phi) is 7.08. The predicted octanol–water partition coefficient (Wildman–Crippen LogP) is 4.37. The van der Waals surface area contributed by atoms with Gasteiger partial charge in [-0.25, -0.2) is 4.79 Å². The molecule has 1 unspecified atom stereocenters. The molecule has 1 N–H and O–H groups in total. The first-order valence-electron chi connectivity index (χ1n) is 11.1. The van der Waals surface area contributed by atoms with Crippen molar-refractivity contribution < 1.29 is 18.0 Å². The Morgan fingerprint density at radius 2 is 1.94 bits per heavy atom. The van der Waals surface area contributed by atoms with Crippen LogP contribution >= 0.6 is 11.9 Å². The maximum absolute atomic E-state index is 13.3. The van der Waals surface area contributed by atoms with Gasteiger partial charge >= 0.3 is 12.2 Å². The average molecular weight is 483 g/mol. The summed E-state index contributed by atoms with van der Waals surface area (Å²) < 4.78 is 44.3. The van der Waals surface area contributed by atoms with Crippen molar-refractivity contribution in [2.45, 2.75) is 38.5 Å². The van der Waals surface area contributed by atoms with E-state index in [2.05, 4.69) is 19.6 Å². The van der Waals surface area contributed by atoms with Crippen molar-refractivity contribution in [3.8, 4) is 0 Å². The second-order valence-electron chi connectivity index (χ2n) is 8.54. The number of nitrogens with one attached hydrogen (secondary N) is 1. The van der Waals surface area contributed by atoms with Gasteiger partial charge in [0.1, 0.15) is 0 Å². The average Bonchev–Trinajstić information content (AvgIpc) is 3.47. The minimum Gasteiger partial charge on any atom is -0.371 e. The lowest BCUT2D eigenvalue weighted by Crippen LogP contribution is -2.54. The van der Waals surface area contributed by atoms with Gasteiger partial charge in [0.25, 0.3) is 0 Å². The van der Waals surface area contributed by atoms with E-state index in [-0.39, 0.29) is 12.1 Å². The van der Waals surface area contributed by atoms with Gasteiger partial charge in [-0.1, -0.05) is 18.0 Å². The highest BCUT2D eigenvalue weighted by atomic mass is 32.2. The second kappa shape index (κ2) is 9.84. The molecule has 1 atom stereocenters. The molecule has 33 heavy (non-hydrogen) atoms. The highest BCUT2D eigenvalue weighted by Gasteiger charge is 2.33. The molecule has 7 nitrogen and oxygen atoms in total. The van der Waals surface area contributed by atoms with Crippen LogP contribution in [0.4, 0.5) is 29.5 Å². The Labute approximate surface area is 196 Å². The third kappa shape index (κ3) is 5.40. The van der Waals surface area contributed by atoms with Gasteiger partial charge < -0.3 is 14.5 Å². The lowest BCUT2D eigenvalue weighted by Gasteiger charge is -2.40. The quantitative estimate of drug-likeness (QED) is 0.639. The van der Waals surface area contributed by atoms with E-state index in [9.17, 15) is 18.0 Å². The van der Waals surface area contributed by atoms with Crippen LogP contribution in [0, 0.1) is 0 Å². The van der Waals surface area contributed by atoms with Crippen LogP contribution in [0.15, 0.2) is 30.5 Å². The molecule has 0 radical (unpaired) electrons. The molecular weight excluding hydrogens is 453 g/mol. The van der Waals surface area contributed by atoms with Gasteiger partial charge in [0.15, 0.2) is 5.82 Å². The third-order valence-electron chi connectivity index (χ3n) is 6.26. The number of benzene rings is 1. The van der Waals surface area contributed by atoms with E-state index < -0.39 is 11.7 Å². The van der Waals surface area contributed by atoms with Gasteiger partial charge in [-0.05, 0) is 37.5 Å². The van der Waals surface area contributed by atoms with Crippen LogP contribution in [0.5, 0.6) is 0 Å². The number of anilines is 2. The maximum atomic E-state index is 13.3. The van der Waals surface area contributed by atoms with Gasteiger partial charge in [0, 0.05) is 69.5 Å². The van der Waals surface area contributed by atoms with E-state index in [1.807, 2.05) is 13.2 Å². The predicted molar refractivity (Wildman–Crippen MR) is 124 cm³/mol. The molecule has 2 aromatic rings. The fourth-order valence-electron chi connectivity index (χ4n) is 4.48. The molecule has 2 aliphatic rings. The summed E-state index contributed by atoms with van der Waals surface area (Å²) >= 11 is 1.41. The van der Waals surface area contributed by atoms with Gasteiger partial charge in [0.2, 0.25) is 0 Å². The Hall–Kier alpha value is -2.40. The second-order valence-corrected chi connectivity index (χ2v) is 9.15. The molecule has 0 bridgehead atoms. The summed E-state index contributed by atoms with van der Waals surface area (Å²) in [5.41, 5.74) is 0.973. The number of nitrogens with zero attached hydrogens (tertiary/aromatic N) is 5. The fraction of sp³-hybridized carbons (Fsp3) is 0.545. The van der Waals surface area contributed by atoms with E-state index >= 15 is 0 Å². The monoisotopic (exact) mass is 482 g/mol. The van der Waals surface area contributed by atoms with Crippen LogP contribution in [0.2, 0.25) is 0 Å². The van der Waals surface area contributed by atoms with Gasteiger partial charge in [-0.15, -0.1) is 5.10 Å². The number of hydrogen-bond acceptors (Lipinski definition) is 6. The first kappa shape index (κ1) is 23.7. The number of halogens is 3. The minimum absolute atomic E-state index is 0.0655. The van der Waals surface area contributed by atoms with Crippen molar-refractivity contribution >= 4 is 29.5 Å². The number of rotatable bonds is 5. The molecule has 4 rings (SSSR count). The SMILES string of the molecule is CSNc1ccn(C(=O)N2CCN(Cc3ccc(C(F)(F)F)cc3N3CCCC3)C(C)C2)n1. The van der Waals surface area contributed by atoms with Crippen LogP contribution in [-0.2, 0) is 12.7 Å². The molecule has 2 fully saturated rings. The first-order chi connectivity index (χ1) is 15.8. The van der Waals surface area contributed by atoms with Crippen molar-refractivity contribution in [2.24, 2.45) is 0 Å². The molecule has 1 aromatic heterocycles. The summed E-state index contributed by atoms with van der Waals surface area (Å²) in [6, 6.07) is 5.72. The Morgan fingerprint density at radius 3 is 2.61 bits per heavy atom. The van der Waals surface area contributed by atoms with Crippen LogP contribution in [0.1, 0.15) is 30.9 Å². The summed E-state index contributed by atoms with van der Waals surface area (Å²) in [7, 11) is 0. The number of alkyl halides is 3. The highest BCUT2D eigenvalue weighted by Crippen LogP contribution is 2.35. The summed E-state index contributed by atoms with van der Waals surface area (Å²) in [5, 5.41) is 4.25. The molecule has 1 amide bonds. The number of hydrogen-bond donors (Lipinski definition) is 1. The van der Waals surface area contributed by atoms with E-state index in [0.29, 0.717) is 37.7 Å². The normalized spacial score (nSPS) is 19.8. The van der Waals surface area contributed by atoms with Crippen molar-refractivity contribution in [1.82, 2.24) is 19.6 Å². The van der Waals surface area contributed by atoms with Crippen molar-refractivity contribution in [1.29, 1.82) is 0 Å². The molecule has 2 saturated heterocycles. The number of piperazine rings is 1. The van der Waals surface area contributed by atoms with Gasteiger partial charge in [0.05, 0.1) is 5.56 Å². The highest BCUT2D eigenvalue weighted by molar-refractivity contribution is 7.99. The summed E-state index contributed by atoms with van der Waals surface area (Å²) in [5.74, 6) is 0.624. The Morgan fingerprint density at radius 1 is 1.18 bits per heavy atom. The zero-order chi connectivity index (χ0) is 23.6. The maximum Gasteiger partial charge on any atom is 0.416 e. The molecule has 0 saturated carbocycles. The van der Waals surface area contributed by atoms with Gasteiger partial charge in [-0.3, -0.25) is 4.90 Å². The topological polar surface area (TPSA) is 56.6 Å². The Bertz CT molecular complexity index is 975. The number of aromatic nitrogens is 2. The van der Waals surface area contributed by atoms with E-state index in [0.717, 1.165) is 31.5 Å². The lowest BCUT2D eigenvalue weighted by molar-refractivity contribution is -0.137. The minimum atomic E-state index is -4.36. The smallest absolute Gasteiger partial charge is 0.371 e. The molecular formula is C22H29F3N6OS. The van der Waals surface area contributed by atoms with Crippen LogP contribution in [0.25, 0.3) is 0 Å². The largest absolute Gasteiger partial charge is 0.416 e. The standard InChI is InChI=1S/C22H29F3N6OS/c1-16-14-30(21(32)31-10-7-20(26-31)27-33-2)12-11-29(16)15-17-5-6-18(22(23,24)25)13-19(17)28-8-3-4-9-28/h5-7,10,13,16H,3-4,8-9,11-12,14-15H2,1-2H3,(H,26,27). The zero-order valence-corrected chi connectivity index (χ0v) is 19.6. The summed E-state index contributed by atoms with van der Waals surface area (Å²) in [6.45, 7) is 5.87. The van der Waals surface area contributed by atoms with E-state index in [4.69, 9.17) is 0 Å².